The molecule has 5 heteroatoms. The summed E-state index contributed by atoms with van der Waals surface area (Å²) in [4.78, 5) is 4.13. The maximum atomic E-state index is 5.65. The van der Waals surface area contributed by atoms with E-state index in [1.54, 1.807) is 22.8 Å². The van der Waals surface area contributed by atoms with Crippen LogP contribution in [0.15, 0.2) is 22.9 Å². The Hall–Kier alpha value is -0.610. The average Bonchev–Trinajstić information content (AvgIpc) is 2.27. The van der Waals surface area contributed by atoms with E-state index < -0.39 is 0 Å². The van der Waals surface area contributed by atoms with Gasteiger partial charge in [-0.05, 0) is 22.0 Å². The van der Waals surface area contributed by atoms with Gasteiger partial charge in [-0.15, -0.1) is 0 Å². The quantitative estimate of drug-likeness (QED) is 0.652. The summed E-state index contributed by atoms with van der Waals surface area (Å²) < 4.78 is 2.40. The molecule has 2 aromatic rings. The second kappa shape index (κ2) is 2.46. The maximum Gasteiger partial charge on any atom is 0.157 e. The minimum absolute atomic E-state index is 0.454. The van der Waals surface area contributed by atoms with Gasteiger partial charge in [0.1, 0.15) is 4.60 Å². The third kappa shape index (κ3) is 1.23. The Kier molecular flexibility index (Phi) is 1.58. The zero-order valence-electron chi connectivity index (χ0n) is 5.33. The van der Waals surface area contributed by atoms with E-state index in [-0.39, 0.29) is 0 Å². The van der Waals surface area contributed by atoms with Crippen molar-refractivity contribution < 1.29 is 0 Å². The summed E-state index contributed by atoms with van der Waals surface area (Å²) in [5.41, 5.74) is 0.740. The molecule has 0 atom stereocenters. The molecule has 2 heterocycles. The second-order valence-corrected chi connectivity index (χ2v) is 3.22. The lowest BCUT2D eigenvalue weighted by Crippen LogP contribution is -1.87. The number of halogens is 2. The highest BCUT2D eigenvalue weighted by molar-refractivity contribution is 9.10. The molecule has 0 N–H and O–H groups in total. The summed E-state index contributed by atoms with van der Waals surface area (Å²) >= 11 is 8.89. The molecule has 0 saturated heterocycles. The van der Waals surface area contributed by atoms with Crippen LogP contribution < -0.4 is 0 Å². The molecule has 11 heavy (non-hydrogen) atoms. The third-order valence-electron chi connectivity index (χ3n) is 1.26. The molecule has 3 nitrogen and oxygen atoms in total. The van der Waals surface area contributed by atoms with Crippen molar-refractivity contribution in [3.05, 3.63) is 28.1 Å². The van der Waals surface area contributed by atoms with Gasteiger partial charge in [-0.3, -0.25) is 0 Å². The fourth-order valence-electron chi connectivity index (χ4n) is 0.828. The predicted octanol–water partition coefficient (Wildman–Crippen LogP) is 2.15. The molecule has 0 aliphatic carbocycles. The van der Waals surface area contributed by atoms with Crippen LogP contribution in [-0.2, 0) is 0 Å². The molecule has 0 aliphatic heterocycles. The normalized spacial score (nSPS) is 10.7. The van der Waals surface area contributed by atoms with Crippen LogP contribution in [0.5, 0.6) is 0 Å². The van der Waals surface area contributed by atoms with Crippen LogP contribution in [0.25, 0.3) is 5.65 Å². The van der Waals surface area contributed by atoms with Gasteiger partial charge in [0.05, 0.1) is 0 Å². The number of hydrogen-bond donors (Lipinski definition) is 0. The van der Waals surface area contributed by atoms with Crippen molar-refractivity contribution in [1.82, 2.24) is 14.6 Å². The van der Waals surface area contributed by atoms with Crippen molar-refractivity contribution in [2.75, 3.05) is 0 Å². The largest absolute Gasteiger partial charge is 0.222 e. The minimum atomic E-state index is 0.454. The van der Waals surface area contributed by atoms with Gasteiger partial charge >= 0.3 is 0 Å². The minimum Gasteiger partial charge on any atom is -0.222 e. The number of fused-ring (bicyclic) bond motifs is 1. The van der Waals surface area contributed by atoms with Gasteiger partial charge in [-0.1, -0.05) is 11.6 Å². The molecule has 0 bridgehead atoms. The van der Waals surface area contributed by atoms with Crippen LogP contribution in [0.2, 0.25) is 5.15 Å². The van der Waals surface area contributed by atoms with Crippen molar-refractivity contribution in [2.24, 2.45) is 0 Å². The Morgan fingerprint density at radius 1 is 1.55 bits per heavy atom. The molecule has 2 aromatic heterocycles. The van der Waals surface area contributed by atoms with Crippen molar-refractivity contribution >= 4 is 33.2 Å². The van der Waals surface area contributed by atoms with E-state index in [1.165, 1.54) is 0 Å². The lowest BCUT2D eigenvalue weighted by molar-refractivity contribution is 0.935. The lowest BCUT2D eigenvalue weighted by Gasteiger charge is -1.90. The highest BCUT2D eigenvalue weighted by Crippen LogP contribution is 2.11. The highest BCUT2D eigenvalue weighted by Gasteiger charge is 1.98. The van der Waals surface area contributed by atoms with Gasteiger partial charge in [-0.25, -0.2) is 9.50 Å². The molecule has 2 rings (SSSR count). The van der Waals surface area contributed by atoms with Crippen LogP contribution in [0.3, 0.4) is 0 Å². The van der Waals surface area contributed by atoms with Crippen molar-refractivity contribution in [1.29, 1.82) is 0 Å². The molecule has 0 aromatic carbocycles. The molecule has 0 unspecified atom stereocenters. The number of aromatic nitrogens is 3. The third-order valence-corrected chi connectivity index (χ3v) is 1.89. The first-order chi connectivity index (χ1) is 5.25. The lowest BCUT2D eigenvalue weighted by atomic mass is 10.6. The SMILES string of the molecule is Clc1cc2nc(Br)ccn2n1. The monoisotopic (exact) mass is 231 g/mol. The summed E-state index contributed by atoms with van der Waals surface area (Å²) in [5.74, 6) is 0. The summed E-state index contributed by atoms with van der Waals surface area (Å²) in [5, 5.41) is 4.41. The summed E-state index contributed by atoms with van der Waals surface area (Å²) in [6, 6.07) is 3.50. The number of rotatable bonds is 0. The van der Waals surface area contributed by atoms with Crippen LogP contribution in [-0.4, -0.2) is 14.6 Å². The number of hydrogen-bond acceptors (Lipinski definition) is 2. The highest BCUT2D eigenvalue weighted by atomic mass is 79.9. The van der Waals surface area contributed by atoms with E-state index in [1.807, 2.05) is 0 Å². The first kappa shape index (κ1) is 7.06. The Morgan fingerprint density at radius 2 is 2.36 bits per heavy atom. The molecule has 0 amide bonds. The van der Waals surface area contributed by atoms with Crippen LogP contribution in [0.1, 0.15) is 0 Å². The Bertz CT molecular complexity index is 398. The summed E-state index contributed by atoms with van der Waals surface area (Å²) in [7, 11) is 0. The molecule has 0 radical (unpaired) electrons. The van der Waals surface area contributed by atoms with Gasteiger partial charge in [-0.2, -0.15) is 5.10 Å². The van der Waals surface area contributed by atoms with E-state index in [2.05, 4.69) is 26.0 Å². The van der Waals surface area contributed by atoms with Crippen LogP contribution in [0.4, 0.5) is 0 Å². The average molecular weight is 232 g/mol. The topological polar surface area (TPSA) is 30.2 Å². The van der Waals surface area contributed by atoms with E-state index in [0.717, 1.165) is 10.3 Å². The summed E-state index contributed by atoms with van der Waals surface area (Å²) in [6.07, 6.45) is 1.79. The van der Waals surface area contributed by atoms with Gasteiger partial charge in [0, 0.05) is 12.3 Å². The van der Waals surface area contributed by atoms with Gasteiger partial charge in [0.25, 0.3) is 0 Å². The molecule has 56 valence electrons. The molecule has 0 aliphatic rings. The van der Waals surface area contributed by atoms with Crippen molar-refractivity contribution in [2.45, 2.75) is 0 Å². The van der Waals surface area contributed by atoms with Gasteiger partial charge in [0.2, 0.25) is 0 Å². The molecule has 0 fully saturated rings. The van der Waals surface area contributed by atoms with Crippen LogP contribution >= 0.6 is 27.5 Å². The van der Waals surface area contributed by atoms with E-state index >= 15 is 0 Å². The molecule has 0 saturated carbocycles. The van der Waals surface area contributed by atoms with Crippen molar-refractivity contribution in [3.8, 4) is 0 Å². The first-order valence-electron chi connectivity index (χ1n) is 2.93. The summed E-state index contributed by atoms with van der Waals surface area (Å²) in [6.45, 7) is 0. The van der Waals surface area contributed by atoms with Gasteiger partial charge < -0.3 is 0 Å². The molecule has 0 spiro atoms. The van der Waals surface area contributed by atoms with E-state index in [4.69, 9.17) is 11.6 Å². The predicted molar refractivity (Wildman–Crippen MR) is 45.7 cm³/mol. The maximum absolute atomic E-state index is 5.65. The standard InChI is InChI=1S/C6H3BrClN3/c7-4-1-2-11-6(9-4)3-5(8)10-11/h1-3H. The van der Waals surface area contributed by atoms with Gasteiger partial charge in [0.15, 0.2) is 10.8 Å². The fourth-order valence-corrected chi connectivity index (χ4v) is 1.31. The molecular formula is C6H3BrClN3. The van der Waals surface area contributed by atoms with Crippen molar-refractivity contribution in [3.63, 3.8) is 0 Å². The van der Waals surface area contributed by atoms with Crippen LogP contribution in [0, 0.1) is 0 Å². The molecular weight excluding hydrogens is 229 g/mol. The smallest absolute Gasteiger partial charge is 0.157 e. The Labute approximate surface area is 76.1 Å². The Morgan fingerprint density at radius 3 is 3.18 bits per heavy atom. The number of nitrogens with zero attached hydrogens (tertiary/aromatic N) is 3. The second-order valence-electron chi connectivity index (χ2n) is 2.02. The zero-order valence-corrected chi connectivity index (χ0v) is 7.67. The van der Waals surface area contributed by atoms with E-state index in [0.29, 0.717) is 5.15 Å². The fraction of sp³-hybridized carbons (Fsp3) is 0. The van der Waals surface area contributed by atoms with E-state index in [9.17, 15) is 0 Å². The zero-order chi connectivity index (χ0) is 7.84. The Balaban J connectivity index is 2.82. The first-order valence-corrected chi connectivity index (χ1v) is 4.10.